The van der Waals surface area contributed by atoms with Gasteiger partial charge in [-0.15, -0.1) is 0 Å². The van der Waals surface area contributed by atoms with Gasteiger partial charge >= 0.3 is 0 Å². The summed E-state index contributed by atoms with van der Waals surface area (Å²) in [6.07, 6.45) is 0.155. The van der Waals surface area contributed by atoms with Gasteiger partial charge in [-0.1, -0.05) is 6.07 Å². The summed E-state index contributed by atoms with van der Waals surface area (Å²) >= 11 is 0. The molecule has 2 nitrogen and oxygen atoms in total. The van der Waals surface area contributed by atoms with Crippen molar-refractivity contribution >= 4 is 5.78 Å². The number of hydrogen-bond acceptors (Lipinski definition) is 2. The molecule has 0 aliphatic heterocycles. The Morgan fingerprint density at radius 3 is 2.42 bits per heavy atom. The molecule has 19 heavy (non-hydrogen) atoms. The molecule has 0 amide bonds. The van der Waals surface area contributed by atoms with Crippen molar-refractivity contribution in [2.24, 2.45) is 0 Å². The Hall–Kier alpha value is -2.23. The van der Waals surface area contributed by atoms with E-state index in [-0.39, 0.29) is 30.4 Å². The summed E-state index contributed by atoms with van der Waals surface area (Å²) in [6, 6.07) is 11.1. The molecule has 2 aromatic carbocycles. The maximum atomic E-state index is 12.9. The van der Waals surface area contributed by atoms with E-state index in [1.54, 1.807) is 6.07 Å². The predicted octanol–water partition coefficient (Wildman–Crippen LogP) is 3.62. The van der Waals surface area contributed by atoms with Crippen molar-refractivity contribution < 1.29 is 18.3 Å². The van der Waals surface area contributed by atoms with E-state index in [1.165, 1.54) is 42.5 Å². The Morgan fingerprint density at radius 1 is 1.00 bits per heavy atom. The van der Waals surface area contributed by atoms with Gasteiger partial charge in [0, 0.05) is 18.1 Å². The molecule has 2 aromatic rings. The van der Waals surface area contributed by atoms with Crippen molar-refractivity contribution in [3.8, 4) is 5.75 Å². The summed E-state index contributed by atoms with van der Waals surface area (Å²) < 4.78 is 30.8. The van der Waals surface area contributed by atoms with Crippen LogP contribution in [0.1, 0.15) is 16.8 Å². The lowest BCUT2D eigenvalue weighted by Gasteiger charge is -2.05. The van der Waals surface area contributed by atoms with Gasteiger partial charge in [0.15, 0.2) is 5.78 Å². The van der Waals surface area contributed by atoms with Crippen LogP contribution in [-0.2, 0) is 0 Å². The zero-order valence-corrected chi connectivity index (χ0v) is 10.1. The summed E-state index contributed by atoms with van der Waals surface area (Å²) in [5.41, 5.74) is 0.434. The van der Waals surface area contributed by atoms with Crippen molar-refractivity contribution in [2.45, 2.75) is 6.42 Å². The largest absolute Gasteiger partial charge is 0.493 e. The molecule has 0 aromatic heterocycles. The Balaban J connectivity index is 1.86. The van der Waals surface area contributed by atoms with Gasteiger partial charge in [0.1, 0.15) is 17.4 Å². The fourth-order valence-electron chi connectivity index (χ4n) is 1.60. The number of halogens is 2. The molecular formula is C15H12F2O2. The van der Waals surface area contributed by atoms with E-state index in [0.29, 0.717) is 11.3 Å². The van der Waals surface area contributed by atoms with Crippen molar-refractivity contribution in [1.29, 1.82) is 0 Å². The fourth-order valence-corrected chi connectivity index (χ4v) is 1.60. The molecule has 0 N–H and O–H groups in total. The van der Waals surface area contributed by atoms with Crippen LogP contribution in [0, 0.1) is 11.6 Å². The highest BCUT2D eigenvalue weighted by atomic mass is 19.1. The fraction of sp³-hybridized carbons (Fsp3) is 0.133. The van der Waals surface area contributed by atoms with Gasteiger partial charge in [-0.25, -0.2) is 8.78 Å². The number of rotatable bonds is 5. The van der Waals surface area contributed by atoms with Crippen molar-refractivity contribution in [2.75, 3.05) is 6.61 Å². The number of ether oxygens (including phenoxy) is 1. The minimum absolute atomic E-state index is 0.142. The lowest BCUT2D eigenvalue weighted by atomic mass is 10.1. The van der Waals surface area contributed by atoms with Crippen molar-refractivity contribution in [1.82, 2.24) is 0 Å². The number of benzene rings is 2. The average Bonchev–Trinajstić information content (AvgIpc) is 2.39. The van der Waals surface area contributed by atoms with Crippen LogP contribution in [-0.4, -0.2) is 12.4 Å². The third-order valence-electron chi connectivity index (χ3n) is 2.56. The SMILES string of the molecule is O=C(CCOc1cccc(F)c1)c1ccc(F)cc1. The van der Waals surface area contributed by atoms with Crippen LogP contribution in [0.5, 0.6) is 5.75 Å². The molecule has 0 saturated heterocycles. The Morgan fingerprint density at radius 2 is 1.74 bits per heavy atom. The molecule has 0 heterocycles. The first-order valence-corrected chi connectivity index (χ1v) is 5.82. The number of carbonyl (C=O) groups excluding carboxylic acids is 1. The molecule has 2 rings (SSSR count). The molecular weight excluding hydrogens is 250 g/mol. The first-order valence-electron chi connectivity index (χ1n) is 5.82. The lowest BCUT2D eigenvalue weighted by Crippen LogP contribution is -2.06. The number of Topliss-reactive ketones (excluding diaryl/α,β-unsaturated/α-hetero) is 1. The van der Waals surface area contributed by atoms with Crippen LogP contribution in [0.15, 0.2) is 48.5 Å². The summed E-state index contributed by atoms with van der Waals surface area (Å²) in [5, 5.41) is 0. The molecule has 4 heteroatoms. The second-order valence-corrected chi connectivity index (χ2v) is 3.99. The number of hydrogen-bond donors (Lipinski definition) is 0. The molecule has 0 aliphatic carbocycles. The third-order valence-corrected chi connectivity index (χ3v) is 2.56. The van der Waals surface area contributed by atoms with Gasteiger partial charge < -0.3 is 4.74 Å². The normalized spacial score (nSPS) is 10.2. The van der Waals surface area contributed by atoms with Crippen LogP contribution in [0.25, 0.3) is 0 Å². The molecule has 0 radical (unpaired) electrons. The smallest absolute Gasteiger partial charge is 0.166 e. The van der Waals surface area contributed by atoms with Crippen LogP contribution >= 0.6 is 0 Å². The summed E-state index contributed by atoms with van der Waals surface area (Å²) in [4.78, 5) is 11.7. The minimum Gasteiger partial charge on any atom is -0.493 e. The Bertz CT molecular complexity index is 565. The third kappa shape index (κ3) is 3.88. The summed E-state index contributed by atoms with van der Waals surface area (Å²) in [6.45, 7) is 0.152. The van der Waals surface area contributed by atoms with E-state index in [2.05, 4.69) is 0 Å². The predicted molar refractivity (Wildman–Crippen MR) is 67.2 cm³/mol. The van der Waals surface area contributed by atoms with Gasteiger partial charge in [-0.3, -0.25) is 4.79 Å². The van der Waals surface area contributed by atoms with Gasteiger partial charge in [0.25, 0.3) is 0 Å². The van der Waals surface area contributed by atoms with Crippen LogP contribution in [0.3, 0.4) is 0 Å². The van der Waals surface area contributed by atoms with Gasteiger partial charge in [-0.05, 0) is 36.4 Å². The molecule has 0 atom stereocenters. The first-order chi connectivity index (χ1) is 9.15. The quantitative estimate of drug-likeness (QED) is 0.769. The zero-order chi connectivity index (χ0) is 13.7. The molecule has 0 aliphatic rings. The highest BCUT2D eigenvalue weighted by Crippen LogP contribution is 2.13. The summed E-state index contributed by atoms with van der Waals surface area (Å²) in [7, 11) is 0. The van der Waals surface area contributed by atoms with E-state index in [1.807, 2.05) is 0 Å². The highest BCUT2D eigenvalue weighted by molar-refractivity contribution is 5.96. The van der Waals surface area contributed by atoms with E-state index in [0.717, 1.165) is 0 Å². The molecule has 0 fully saturated rings. The number of ketones is 1. The Kier molecular flexibility index (Phi) is 4.23. The monoisotopic (exact) mass is 262 g/mol. The van der Waals surface area contributed by atoms with Crippen molar-refractivity contribution in [3.63, 3.8) is 0 Å². The van der Waals surface area contributed by atoms with Crippen LogP contribution in [0.2, 0.25) is 0 Å². The highest BCUT2D eigenvalue weighted by Gasteiger charge is 2.06. The van der Waals surface area contributed by atoms with Gasteiger partial charge in [0.05, 0.1) is 6.61 Å². The average molecular weight is 262 g/mol. The molecule has 0 bridgehead atoms. The molecule has 0 unspecified atom stereocenters. The van der Waals surface area contributed by atoms with Gasteiger partial charge in [0.2, 0.25) is 0 Å². The maximum Gasteiger partial charge on any atom is 0.166 e. The van der Waals surface area contributed by atoms with Crippen molar-refractivity contribution in [3.05, 3.63) is 65.7 Å². The topological polar surface area (TPSA) is 26.3 Å². The molecule has 0 spiro atoms. The first kappa shape index (κ1) is 13.2. The standard InChI is InChI=1S/C15H12F2O2/c16-12-6-4-11(5-7-12)15(18)8-9-19-14-3-1-2-13(17)10-14/h1-7,10H,8-9H2. The van der Waals surface area contributed by atoms with E-state index < -0.39 is 0 Å². The lowest BCUT2D eigenvalue weighted by molar-refractivity contribution is 0.0962. The zero-order valence-electron chi connectivity index (χ0n) is 10.1. The van der Waals surface area contributed by atoms with Crippen LogP contribution in [0.4, 0.5) is 8.78 Å². The second-order valence-electron chi connectivity index (χ2n) is 3.99. The maximum absolute atomic E-state index is 12.9. The van der Waals surface area contributed by atoms with Crippen LogP contribution < -0.4 is 4.74 Å². The van der Waals surface area contributed by atoms with E-state index in [4.69, 9.17) is 4.74 Å². The number of carbonyl (C=O) groups is 1. The van der Waals surface area contributed by atoms with E-state index in [9.17, 15) is 13.6 Å². The molecule has 0 saturated carbocycles. The van der Waals surface area contributed by atoms with Gasteiger partial charge in [-0.2, -0.15) is 0 Å². The molecule has 98 valence electrons. The summed E-state index contributed by atoms with van der Waals surface area (Å²) in [5.74, 6) is -0.529. The Labute approximate surface area is 109 Å². The minimum atomic E-state index is -0.387. The van der Waals surface area contributed by atoms with E-state index >= 15 is 0 Å². The second kappa shape index (κ2) is 6.09.